The summed E-state index contributed by atoms with van der Waals surface area (Å²) in [6.45, 7) is 0. The second-order valence-corrected chi connectivity index (χ2v) is 9.13. The first-order valence-electron chi connectivity index (χ1n) is 8.56. The van der Waals surface area contributed by atoms with Gasteiger partial charge < -0.3 is 10.6 Å². The summed E-state index contributed by atoms with van der Waals surface area (Å²) in [7, 11) is 0. The lowest BCUT2D eigenvalue weighted by Crippen LogP contribution is -2.35. The molecule has 1 aliphatic rings. The minimum Gasteiger partial charge on any atom is -0.362 e. The van der Waals surface area contributed by atoms with E-state index < -0.39 is 24.2 Å². The highest BCUT2D eigenvalue weighted by Gasteiger charge is 2.48. The van der Waals surface area contributed by atoms with Gasteiger partial charge in [-0.2, -0.15) is 18.3 Å². The van der Waals surface area contributed by atoms with Crippen molar-refractivity contribution in [2.24, 2.45) is 0 Å². The van der Waals surface area contributed by atoms with E-state index in [0.717, 1.165) is 9.56 Å². The van der Waals surface area contributed by atoms with Gasteiger partial charge in [0.2, 0.25) is 0 Å². The number of carbonyl (C=O) groups is 1. The Morgan fingerprint density at radius 3 is 2.70 bits per heavy atom. The molecule has 12 heteroatoms. The van der Waals surface area contributed by atoms with Crippen molar-refractivity contribution in [2.45, 2.75) is 24.7 Å². The summed E-state index contributed by atoms with van der Waals surface area (Å²) in [4.78, 5) is 13.5. The molecule has 2 N–H and O–H groups in total. The van der Waals surface area contributed by atoms with E-state index in [0.29, 0.717) is 10.7 Å². The maximum atomic E-state index is 13.8. The number of aromatic nitrogens is 2. The van der Waals surface area contributed by atoms with Crippen molar-refractivity contribution in [1.29, 1.82) is 0 Å². The fourth-order valence-electron chi connectivity index (χ4n) is 3.17. The molecule has 0 radical (unpaired) electrons. The third-order valence-electron chi connectivity index (χ3n) is 4.57. The van der Waals surface area contributed by atoms with Crippen LogP contribution in [0.4, 0.5) is 24.7 Å². The largest absolute Gasteiger partial charge is 0.410 e. The van der Waals surface area contributed by atoms with Crippen LogP contribution in [0, 0.1) is 0 Å². The Labute approximate surface area is 191 Å². The van der Waals surface area contributed by atoms with Crippen LogP contribution in [0.15, 0.2) is 40.2 Å². The Morgan fingerprint density at radius 2 is 2.07 bits per heavy atom. The molecular formula is C18H12BrCl2F3N4OS. The average molecular weight is 540 g/mol. The van der Waals surface area contributed by atoms with Crippen LogP contribution in [0.5, 0.6) is 0 Å². The highest BCUT2D eigenvalue weighted by atomic mass is 79.9. The molecule has 2 aromatic heterocycles. The van der Waals surface area contributed by atoms with Gasteiger partial charge in [-0.05, 0) is 45.6 Å². The van der Waals surface area contributed by atoms with E-state index in [4.69, 9.17) is 23.2 Å². The number of thiophene rings is 1. The Hall–Kier alpha value is -1.75. The second-order valence-electron chi connectivity index (χ2n) is 6.54. The highest BCUT2D eigenvalue weighted by Crippen LogP contribution is 2.47. The van der Waals surface area contributed by atoms with Crippen molar-refractivity contribution in [3.63, 3.8) is 0 Å². The first-order chi connectivity index (χ1) is 14.1. The van der Waals surface area contributed by atoms with Gasteiger partial charge in [0.15, 0.2) is 11.7 Å². The summed E-state index contributed by atoms with van der Waals surface area (Å²) in [5.74, 6) is -0.584. The molecule has 3 heterocycles. The quantitative estimate of drug-likeness (QED) is 0.379. The maximum absolute atomic E-state index is 13.8. The van der Waals surface area contributed by atoms with Gasteiger partial charge in [0.1, 0.15) is 5.82 Å². The summed E-state index contributed by atoms with van der Waals surface area (Å²) in [5, 5.41) is 12.0. The van der Waals surface area contributed by atoms with Gasteiger partial charge in [-0.25, -0.2) is 4.68 Å². The fraction of sp³-hybridized carbons (Fsp3) is 0.222. The zero-order valence-electron chi connectivity index (χ0n) is 14.8. The van der Waals surface area contributed by atoms with Crippen LogP contribution in [0.1, 0.15) is 33.9 Å². The average Bonchev–Trinajstić information content (AvgIpc) is 3.32. The number of nitrogens with zero attached hydrogens (tertiary/aromatic N) is 2. The molecule has 3 aromatic rings. The molecule has 1 aliphatic heterocycles. The number of hydrogen-bond donors (Lipinski definition) is 2. The predicted molar refractivity (Wildman–Crippen MR) is 115 cm³/mol. The number of hydrogen-bond acceptors (Lipinski definition) is 4. The SMILES string of the molecule is O=C(Nc1ccc(Cl)c(Cl)c1)c1nn2c(c1Br)N[C@@H](c1cccs1)C[C@H]2C(F)(F)F. The summed E-state index contributed by atoms with van der Waals surface area (Å²) >= 11 is 16.4. The Bertz CT molecular complexity index is 1100. The molecular weight excluding hydrogens is 528 g/mol. The third kappa shape index (κ3) is 4.05. The molecule has 0 fully saturated rings. The van der Waals surface area contributed by atoms with Crippen LogP contribution in [0.3, 0.4) is 0 Å². The maximum Gasteiger partial charge on any atom is 0.410 e. The molecule has 0 spiro atoms. The molecule has 4 rings (SSSR count). The van der Waals surface area contributed by atoms with E-state index in [-0.39, 0.29) is 27.4 Å². The number of carbonyl (C=O) groups excluding carboxylic acids is 1. The first-order valence-corrected chi connectivity index (χ1v) is 11.0. The molecule has 30 heavy (non-hydrogen) atoms. The zero-order valence-corrected chi connectivity index (χ0v) is 18.7. The van der Waals surface area contributed by atoms with E-state index in [9.17, 15) is 18.0 Å². The van der Waals surface area contributed by atoms with Crippen LogP contribution in [0.2, 0.25) is 10.0 Å². The predicted octanol–water partition coefficient (Wildman–Crippen LogP) is 6.93. The van der Waals surface area contributed by atoms with Crippen LogP contribution in [-0.4, -0.2) is 21.9 Å². The number of benzene rings is 1. The van der Waals surface area contributed by atoms with E-state index >= 15 is 0 Å². The minimum atomic E-state index is -4.53. The number of fused-ring (bicyclic) bond motifs is 1. The van der Waals surface area contributed by atoms with Gasteiger partial charge in [0.25, 0.3) is 5.91 Å². The lowest BCUT2D eigenvalue weighted by molar-refractivity contribution is -0.173. The molecule has 0 saturated heterocycles. The topological polar surface area (TPSA) is 59.0 Å². The summed E-state index contributed by atoms with van der Waals surface area (Å²) < 4.78 is 42.3. The minimum absolute atomic E-state index is 0.0984. The van der Waals surface area contributed by atoms with E-state index in [2.05, 4.69) is 31.7 Å². The Balaban J connectivity index is 1.69. The van der Waals surface area contributed by atoms with Crippen molar-refractivity contribution in [1.82, 2.24) is 9.78 Å². The van der Waals surface area contributed by atoms with Crippen molar-refractivity contribution in [3.05, 3.63) is 60.8 Å². The molecule has 158 valence electrons. The number of amides is 1. The van der Waals surface area contributed by atoms with Gasteiger partial charge in [-0.15, -0.1) is 11.3 Å². The van der Waals surface area contributed by atoms with Crippen molar-refractivity contribution in [3.8, 4) is 0 Å². The monoisotopic (exact) mass is 538 g/mol. The van der Waals surface area contributed by atoms with Gasteiger partial charge in [-0.3, -0.25) is 4.79 Å². The fourth-order valence-corrected chi connectivity index (χ4v) is 4.82. The lowest BCUT2D eigenvalue weighted by atomic mass is 10.0. The second kappa shape index (κ2) is 8.07. The molecule has 5 nitrogen and oxygen atoms in total. The van der Waals surface area contributed by atoms with Crippen molar-refractivity contribution in [2.75, 3.05) is 10.6 Å². The van der Waals surface area contributed by atoms with Crippen LogP contribution in [-0.2, 0) is 0 Å². The number of halogens is 6. The van der Waals surface area contributed by atoms with Crippen LogP contribution in [0.25, 0.3) is 0 Å². The number of alkyl halides is 3. The molecule has 1 amide bonds. The van der Waals surface area contributed by atoms with Gasteiger partial charge in [0, 0.05) is 17.0 Å². The highest BCUT2D eigenvalue weighted by molar-refractivity contribution is 9.10. The molecule has 0 bridgehead atoms. The zero-order chi connectivity index (χ0) is 21.6. The molecule has 0 saturated carbocycles. The lowest BCUT2D eigenvalue weighted by Gasteiger charge is -2.33. The van der Waals surface area contributed by atoms with E-state index in [1.165, 1.54) is 29.5 Å². The summed E-state index contributed by atoms with van der Waals surface area (Å²) in [6.07, 6.45) is -4.77. The van der Waals surface area contributed by atoms with E-state index in [1.807, 2.05) is 0 Å². The molecule has 2 atom stereocenters. The van der Waals surface area contributed by atoms with Crippen LogP contribution < -0.4 is 10.6 Å². The normalized spacial score (nSPS) is 18.6. The standard InChI is InChI=1S/C18H12BrCl2F3N4OS/c19-14-15(17(29)25-8-3-4-9(20)10(21)6-8)27-28-13(18(22,23)24)7-11(26-16(14)28)12-2-1-5-30-12/h1-6,11,13,26H,7H2,(H,25,29)/t11-,13+/m1/s1. The summed E-state index contributed by atoms with van der Waals surface area (Å²) in [5.41, 5.74) is 0.161. The van der Waals surface area contributed by atoms with Gasteiger partial charge >= 0.3 is 6.18 Å². The van der Waals surface area contributed by atoms with Crippen molar-refractivity contribution < 1.29 is 18.0 Å². The van der Waals surface area contributed by atoms with Gasteiger partial charge in [-0.1, -0.05) is 29.3 Å². The van der Waals surface area contributed by atoms with Gasteiger partial charge in [0.05, 0.1) is 20.6 Å². The summed E-state index contributed by atoms with van der Waals surface area (Å²) in [6, 6.07) is 5.59. The Morgan fingerprint density at radius 1 is 1.30 bits per heavy atom. The number of anilines is 2. The van der Waals surface area contributed by atoms with E-state index in [1.54, 1.807) is 17.5 Å². The Kier molecular flexibility index (Phi) is 5.78. The van der Waals surface area contributed by atoms with Crippen molar-refractivity contribution >= 4 is 67.9 Å². The number of rotatable bonds is 3. The first kappa shape index (κ1) is 21.5. The molecule has 0 aliphatic carbocycles. The number of nitrogens with one attached hydrogen (secondary N) is 2. The molecule has 1 aromatic carbocycles. The third-order valence-corrected chi connectivity index (χ3v) is 7.05. The van der Waals surface area contributed by atoms with Crippen LogP contribution >= 0.6 is 50.5 Å². The molecule has 0 unspecified atom stereocenters. The smallest absolute Gasteiger partial charge is 0.362 e.